The van der Waals surface area contributed by atoms with Crippen LogP contribution in [-0.4, -0.2) is 29.4 Å². The second-order valence-corrected chi connectivity index (χ2v) is 6.48. The van der Waals surface area contributed by atoms with E-state index in [1.165, 1.54) is 12.1 Å². The van der Waals surface area contributed by atoms with Gasteiger partial charge in [0, 0.05) is 11.6 Å². The minimum absolute atomic E-state index is 0.0359. The summed E-state index contributed by atoms with van der Waals surface area (Å²) in [5.41, 5.74) is 3.22. The van der Waals surface area contributed by atoms with Crippen molar-refractivity contribution in [3.63, 3.8) is 0 Å². The molecule has 5 atom stereocenters. The fraction of sp³-hybridized carbons (Fsp3) is 0.438. The minimum Gasteiger partial charge on any atom is -0.311 e. The number of nitro groups is 1. The number of hydrogen-bond acceptors (Lipinski definition) is 7. The highest BCUT2D eigenvalue weighted by Crippen LogP contribution is 2.79. The van der Waals surface area contributed by atoms with Crippen LogP contribution in [0.2, 0.25) is 0 Å². The van der Waals surface area contributed by atoms with Gasteiger partial charge in [-0.2, -0.15) is 10.5 Å². The molecule has 1 aromatic carbocycles. The van der Waals surface area contributed by atoms with E-state index in [1.807, 2.05) is 0 Å². The third kappa shape index (κ3) is 1.46. The minimum atomic E-state index is -1.59. The van der Waals surface area contributed by atoms with Crippen LogP contribution < -0.4 is 10.7 Å². The van der Waals surface area contributed by atoms with Crippen molar-refractivity contribution >= 4 is 11.5 Å². The first-order valence-electron chi connectivity index (χ1n) is 7.69. The largest absolute Gasteiger partial charge is 0.343 e. The van der Waals surface area contributed by atoms with E-state index in [2.05, 4.69) is 17.1 Å². The number of nitrogens with one attached hydrogen (secondary N) is 1. The Bertz CT molecular complexity index is 918. The maximum absolute atomic E-state index is 11.4. The average Bonchev–Trinajstić information content (AvgIpc) is 2.98. The Morgan fingerprint density at radius 1 is 1.40 bits per heavy atom. The summed E-state index contributed by atoms with van der Waals surface area (Å²) in [7, 11) is 0. The highest BCUT2D eigenvalue weighted by molar-refractivity contribution is 5.95. The van der Waals surface area contributed by atoms with Crippen molar-refractivity contribution in [3.8, 4) is 12.1 Å². The molecule has 0 radical (unpaired) electrons. The molecule has 1 aromatic rings. The van der Waals surface area contributed by atoms with Crippen molar-refractivity contribution in [2.75, 3.05) is 6.61 Å². The zero-order chi connectivity index (χ0) is 18.0. The number of nitrogens with zero attached hydrogens (tertiary/aromatic N) is 3. The molecule has 1 saturated heterocycles. The van der Waals surface area contributed by atoms with Crippen LogP contribution in [-0.2, 0) is 9.47 Å². The second-order valence-electron chi connectivity index (χ2n) is 6.48. The Kier molecular flexibility index (Phi) is 2.82. The molecule has 1 saturated carbocycles. The van der Waals surface area contributed by atoms with Gasteiger partial charge in [-0.25, -0.2) is 4.99 Å². The highest BCUT2D eigenvalue weighted by Gasteiger charge is 2.98. The van der Waals surface area contributed by atoms with Crippen molar-refractivity contribution < 1.29 is 19.4 Å². The van der Waals surface area contributed by atoms with Gasteiger partial charge in [-0.05, 0) is 6.92 Å². The molecule has 2 aliphatic heterocycles. The van der Waals surface area contributed by atoms with Crippen LogP contribution >= 0.6 is 0 Å². The summed E-state index contributed by atoms with van der Waals surface area (Å²) in [5, 5.41) is 31.3. The van der Waals surface area contributed by atoms with Crippen molar-refractivity contribution in [2.24, 2.45) is 16.6 Å². The van der Waals surface area contributed by atoms with Gasteiger partial charge < -0.3 is 9.47 Å². The van der Waals surface area contributed by atoms with Crippen LogP contribution in [0, 0.1) is 43.6 Å². The van der Waals surface area contributed by atoms with Gasteiger partial charge in [-0.15, -0.1) is 0 Å². The van der Waals surface area contributed by atoms with Gasteiger partial charge in [0.25, 0.3) is 11.5 Å². The Morgan fingerprint density at radius 3 is 2.68 bits per heavy atom. The molecule has 0 bridgehead atoms. The summed E-state index contributed by atoms with van der Waals surface area (Å²) >= 11 is 0. The number of benzene rings is 1. The molecule has 0 aromatic heterocycles. The van der Waals surface area contributed by atoms with Crippen LogP contribution in [0.1, 0.15) is 18.4 Å². The fourth-order valence-electron chi connectivity index (χ4n) is 4.33. The number of nitro benzene ring substituents is 1. The third-order valence-electron chi connectivity index (χ3n) is 5.33. The number of nitriles is 2. The Morgan fingerprint density at radius 2 is 2.12 bits per heavy atom. The summed E-state index contributed by atoms with van der Waals surface area (Å²) in [6.07, 6.45) is -0.313. The van der Waals surface area contributed by atoms with Gasteiger partial charge in [-0.1, -0.05) is 18.2 Å². The van der Waals surface area contributed by atoms with Gasteiger partial charge in [0.2, 0.25) is 0 Å². The van der Waals surface area contributed by atoms with E-state index in [-0.39, 0.29) is 29.8 Å². The van der Waals surface area contributed by atoms with Crippen LogP contribution in [0.3, 0.4) is 0 Å². The molecule has 2 fully saturated rings. The zero-order valence-electron chi connectivity index (χ0n) is 13.2. The molecular weight excluding hydrogens is 326 g/mol. The number of rotatable bonds is 2. The predicted molar refractivity (Wildman–Crippen MR) is 81.3 cm³/mol. The van der Waals surface area contributed by atoms with E-state index in [4.69, 9.17) is 15.2 Å². The Hall–Kier alpha value is -3.01. The summed E-state index contributed by atoms with van der Waals surface area (Å²) in [4.78, 5) is 13.7. The molecule has 1 spiro atoms. The third-order valence-corrected chi connectivity index (χ3v) is 5.33. The topological polar surface area (TPSA) is 149 Å². The van der Waals surface area contributed by atoms with Crippen molar-refractivity contribution in [3.05, 3.63) is 39.9 Å². The van der Waals surface area contributed by atoms with E-state index in [0.29, 0.717) is 0 Å². The maximum Gasteiger partial charge on any atom is 0.343 e. The number of ether oxygens (including phenoxy) is 2. The number of amidine groups is 1. The number of para-hydroxylation sites is 1. The maximum atomic E-state index is 11.4. The SMILES string of the molecule is C[C@H]1CO[C@@]2([NH+]=C(N)[C@@]3(C#N)[C@@H](c4ccccc4[N+](=O)[O-])[C@@]23C#N)O1. The molecule has 9 nitrogen and oxygen atoms in total. The summed E-state index contributed by atoms with van der Waals surface area (Å²) in [6.45, 7) is 1.99. The molecule has 126 valence electrons. The van der Waals surface area contributed by atoms with Crippen molar-refractivity contribution in [1.29, 1.82) is 10.5 Å². The molecule has 2 heterocycles. The van der Waals surface area contributed by atoms with Gasteiger partial charge >= 0.3 is 5.91 Å². The highest BCUT2D eigenvalue weighted by atomic mass is 16.8. The van der Waals surface area contributed by atoms with E-state index >= 15 is 0 Å². The molecular formula is C16H14N5O4+. The van der Waals surface area contributed by atoms with Crippen LogP contribution in [0.25, 0.3) is 0 Å². The molecule has 0 unspecified atom stereocenters. The fourth-order valence-corrected chi connectivity index (χ4v) is 4.33. The number of hydrogen-bond donors (Lipinski definition) is 2. The van der Waals surface area contributed by atoms with Crippen molar-refractivity contribution in [1.82, 2.24) is 0 Å². The summed E-state index contributed by atoms with van der Waals surface area (Å²) in [6, 6.07) is 10.3. The van der Waals surface area contributed by atoms with E-state index in [1.54, 1.807) is 19.1 Å². The molecule has 0 amide bonds. The molecule has 9 heteroatoms. The van der Waals surface area contributed by atoms with Crippen LogP contribution in [0.15, 0.2) is 24.3 Å². The second kappa shape index (κ2) is 4.54. The normalized spacial score (nSPS) is 40.8. The lowest BCUT2D eigenvalue weighted by Crippen LogP contribution is -2.90. The smallest absolute Gasteiger partial charge is 0.311 e. The Balaban J connectivity index is 1.96. The van der Waals surface area contributed by atoms with E-state index < -0.39 is 27.6 Å². The monoisotopic (exact) mass is 340 g/mol. The average molecular weight is 340 g/mol. The summed E-state index contributed by atoms with van der Waals surface area (Å²) < 4.78 is 11.6. The van der Waals surface area contributed by atoms with E-state index in [9.17, 15) is 20.6 Å². The summed E-state index contributed by atoms with van der Waals surface area (Å²) in [5.74, 6) is -2.38. The molecule has 25 heavy (non-hydrogen) atoms. The lowest BCUT2D eigenvalue weighted by molar-refractivity contribution is -0.677. The first-order valence-corrected chi connectivity index (χ1v) is 7.69. The number of nitrogens with two attached hydrogens (primary N) is 1. The van der Waals surface area contributed by atoms with Gasteiger partial charge in [0.15, 0.2) is 10.8 Å². The first-order chi connectivity index (χ1) is 11.9. The molecule has 4 rings (SSSR count). The standard InChI is InChI=1S/C16H13N5O4/c1-9-6-24-16(25-9)15(8-18)12(14(15,7-17)13(19)20-16)10-4-2-3-5-11(10)21(22)23/h2-5,9,12H,6H2,1H3,(H2,19,20)/p+1/t9-,12+,14+,15+,16+/m0/s1. The quantitative estimate of drug-likeness (QED) is 0.531. The zero-order valence-corrected chi connectivity index (χ0v) is 13.2. The molecule has 1 aliphatic carbocycles. The first kappa shape index (κ1) is 15.5. The van der Waals surface area contributed by atoms with Gasteiger partial charge in [0.05, 0.1) is 35.7 Å². The van der Waals surface area contributed by atoms with Crippen molar-refractivity contribution in [2.45, 2.75) is 24.9 Å². The lowest BCUT2D eigenvalue weighted by Gasteiger charge is -2.23. The molecule has 3 aliphatic rings. The van der Waals surface area contributed by atoms with E-state index in [0.717, 1.165) is 0 Å². The van der Waals surface area contributed by atoms with Crippen LogP contribution in [0.4, 0.5) is 5.69 Å². The predicted octanol–water partition coefficient (Wildman–Crippen LogP) is -0.748. The van der Waals surface area contributed by atoms with Crippen LogP contribution in [0.5, 0.6) is 0 Å². The lowest BCUT2D eigenvalue weighted by atomic mass is 9.93. The van der Waals surface area contributed by atoms with Gasteiger partial charge in [-0.3, -0.25) is 15.8 Å². The van der Waals surface area contributed by atoms with Gasteiger partial charge in [0.1, 0.15) is 0 Å². The number of fused-ring (bicyclic) bond motifs is 2. The Labute approximate surface area is 142 Å². The molecule has 3 N–H and O–H groups in total.